The molecule has 1 aliphatic rings. The van der Waals surface area contributed by atoms with E-state index < -0.39 is 6.10 Å². The molecule has 3 rings (SSSR count). The van der Waals surface area contributed by atoms with Crippen molar-refractivity contribution in [2.24, 2.45) is 0 Å². The lowest BCUT2D eigenvalue weighted by molar-refractivity contribution is 0.134. The van der Waals surface area contributed by atoms with E-state index in [4.69, 9.17) is 0 Å². The molecule has 0 amide bonds. The van der Waals surface area contributed by atoms with Gasteiger partial charge in [0.25, 0.3) is 5.56 Å². The van der Waals surface area contributed by atoms with E-state index >= 15 is 0 Å². The summed E-state index contributed by atoms with van der Waals surface area (Å²) in [5.41, 5.74) is 1.02. The minimum absolute atomic E-state index is 0.00667. The molecule has 18 heavy (non-hydrogen) atoms. The Bertz CT molecular complexity index is 659. The average molecular weight is 264 g/mol. The van der Waals surface area contributed by atoms with Gasteiger partial charge in [0.2, 0.25) is 0 Å². The van der Waals surface area contributed by atoms with Crippen LogP contribution in [-0.4, -0.2) is 20.8 Å². The van der Waals surface area contributed by atoms with Gasteiger partial charge in [-0.25, -0.2) is 4.98 Å². The van der Waals surface area contributed by atoms with E-state index in [1.807, 2.05) is 13.8 Å². The highest BCUT2D eigenvalue weighted by Crippen LogP contribution is 2.30. The first-order valence-electron chi connectivity index (χ1n) is 6.24. The highest BCUT2D eigenvalue weighted by molar-refractivity contribution is 7.18. The van der Waals surface area contributed by atoms with E-state index in [9.17, 15) is 9.90 Å². The summed E-state index contributed by atoms with van der Waals surface area (Å²) in [5, 5.41) is 10.6. The summed E-state index contributed by atoms with van der Waals surface area (Å²) < 4.78 is 1.62. The van der Waals surface area contributed by atoms with E-state index in [0.717, 1.165) is 39.9 Å². The first kappa shape index (κ1) is 11.9. The van der Waals surface area contributed by atoms with Crippen LogP contribution in [0.25, 0.3) is 10.2 Å². The number of aliphatic hydroxyl groups is 1. The molecule has 4 nitrogen and oxygen atoms in total. The van der Waals surface area contributed by atoms with Crippen LogP contribution in [0.15, 0.2) is 11.1 Å². The number of rotatable bonds is 1. The van der Waals surface area contributed by atoms with Crippen LogP contribution in [0.3, 0.4) is 0 Å². The predicted octanol–water partition coefficient (Wildman–Crippen LogP) is 2.16. The molecule has 1 aliphatic carbocycles. The van der Waals surface area contributed by atoms with E-state index in [-0.39, 0.29) is 11.6 Å². The number of aliphatic hydroxyl groups excluding tert-OH is 1. The van der Waals surface area contributed by atoms with Crippen molar-refractivity contribution >= 4 is 21.6 Å². The number of hydrogen-bond donors (Lipinski definition) is 1. The number of thiophene rings is 1. The molecule has 5 heteroatoms. The maximum Gasteiger partial charge on any atom is 0.262 e. The molecule has 2 aromatic heterocycles. The number of hydrogen-bond acceptors (Lipinski definition) is 4. The third-order valence-corrected chi connectivity index (χ3v) is 5.03. The normalized spacial score (nSPS) is 23.9. The fourth-order valence-electron chi connectivity index (χ4n) is 2.73. The highest BCUT2D eigenvalue weighted by Gasteiger charge is 2.28. The maximum atomic E-state index is 12.5. The molecule has 0 saturated heterocycles. The predicted molar refractivity (Wildman–Crippen MR) is 72.2 cm³/mol. The molecule has 0 bridgehead atoms. The minimum atomic E-state index is -0.415. The summed E-state index contributed by atoms with van der Waals surface area (Å²) in [5.74, 6) is 0. The van der Waals surface area contributed by atoms with Crippen LogP contribution in [-0.2, 0) is 0 Å². The zero-order chi connectivity index (χ0) is 12.9. The summed E-state index contributed by atoms with van der Waals surface area (Å²) in [7, 11) is 0. The zero-order valence-corrected chi connectivity index (χ0v) is 11.3. The Labute approximate surface area is 109 Å². The highest BCUT2D eigenvalue weighted by atomic mass is 32.1. The third kappa shape index (κ3) is 1.61. The molecule has 1 N–H and O–H groups in total. The lowest BCUT2D eigenvalue weighted by Crippen LogP contribution is -2.29. The Hall–Kier alpha value is -1.20. The topological polar surface area (TPSA) is 55.1 Å². The minimum Gasteiger partial charge on any atom is -0.391 e. The fraction of sp³-hybridized carbons (Fsp3) is 0.538. The maximum absolute atomic E-state index is 12.5. The van der Waals surface area contributed by atoms with Crippen LogP contribution in [0.2, 0.25) is 0 Å². The Morgan fingerprint density at radius 3 is 2.89 bits per heavy atom. The Balaban J connectivity index is 2.23. The summed E-state index contributed by atoms with van der Waals surface area (Å²) in [6, 6.07) is -0.103. The summed E-state index contributed by atoms with van der Waals surface area (Å²) in [6.07, 6.45) is 3.78. The Kier molecular flexibility index (Phi) is 2.75. The molecule has 2 heterocycles. The van der Waals surface area contributed by atoms with Crippen LogP contribution in [0.5, 0.6) is 0 Å². The average Bonchev–Trinajstić information content (AvgIpc) is 2.86. The van der Waals surface area contributed by atoms with Gasteiger partial charge < -0.3 is 5.11 Å². The Morgan fingerprint density at radius 2 is 2.22 bits per heavy atom. The largest absolute Gasteiger partial charge is 0.391 e. The van der Waals surface area contributed by atoms with Crippen molar-refractivity contribution in [2.75, 3.05) is 0 Å². The smallest absolute Gasteiger partial charge is 0.262 e. The number of nitrogens with zero attached hydrogens (tertiary/aromatic N) is 2. The van der Waals surface area contributed by atoms with Crippen molar-refractivity contribution in [2.45, 2.75) is 45.3 Å². The molecule has 1 fully saturated rings. The molecule has 0 radical (unpaired) electrons. The van der Waals surface area contributed by atoms with Crippen molar-refractivity contribution < 1.29 is 5.11 Å². The van der Waals surface area contributed by atoms with Gasteiger partial charge >= 0.3 is 0 Å². The van der Waals surface area contributed by atoms with Crippen LogP contribution in [0, 0.1) is 13.8 Å². The van der Waals surface area contributed by atoms with Gasteiger partial charge in [0.05, 0.1) is 23.9 Å². The van der Waals surface area contributed by atoms with E-state index in [1.165, 1.54) is 0 Å². The van der Waals surface area contributed by atoms with Crippen molar-refractivity contribution in [3.05, 3.63) is 27.1 Å². The van der Waals surface area contributed by atoms with Gasteiger partial charge in [-0.3, -0.25) is 9.36 Å². The quantitative estimate of drug-likeness (QED) is 0.858. The van der Waals surface area contributed by atoms with Gasteiger partial charge in [-0.1, -0.05) is 0 Å². The van der Waals surface area contributed by atoms with Crippen LogP contribution in [0.4, 0.5) is 0 Å². The molecule has 2 unspecified atom stereocenters. The summed E-state index contributed by atoms with van der Waals surface area (Å²) >= 11 is 1.56. The monoisotopic (exact) mass is 264 g/mol. The van der Waals surface area contributed by atoms with Crippen molar-refractivity contribution in [3.8, 4) is 0 Å². The second-order valence-electron chi connectivity index (χ2n) is 4.99. The molecule has 0 aromatic carbocycles. The lowest BCUT2D eigenvalue weighted by Gasteiger charge is -2.17. The van der Waals surface area contributed by atoms with Crippen molar-refractivity contribution in [1.82, 2.24) is 9.55 Å². The van der Waals surface area contributed by atoms with Gasteiger partial charge in [-0.05, 0) is 38.7 Å². The van der Waals surface area contributed by atoms with Crippen molar-refractivity contribution in [1.29, 1.82) is 0 Å². The van der Waals surface area contributed by atoms with E-state index in [1.54, 1.807) is 22.2 Å². The van der Waals surface area contributed by atoms with E-state index in [2.05, 4.69) is 4.98 Å². The molecule has 1 saturated carbocycles. The van der Waals surface area contributed by atoms with Gasteiger partial charge in [0.15, 0.2) is 0 Å². The standard InChI is InChI=1S/C13H16N2O2S/c1-7-8(2)18-12-11(7)13(17)15(6-14-12)9-4-3-5-10(9)16/h6,9-10,16H,3-5H2,1-2H3. The van der Waals surface area contributed by atoms with Gasteiger partial charge in [-0.2, -0.15) is 0 Å². The third-order valence-electron chi connectivity index (χ3n) is 3.92. The van der Waals surface area contributed by atoms with Gasteiger partial charge in [-0.15, -0.1) is 11.3 Å². The Morgan fingerprint density at radius 1 is 1.44 bits per heavy atom. The first-order valence-corrected chi connectivity index (χ1v) is 7.06. The number of fused-ring (bicyclic) bond motifs is 1. The summed E-state index contributed by atoms with van der Waals surface area (Å²) in [4.78, 5) is 18.8. The SMILES string of the molecule is Cc1sc2ncn(C3CCCC3O)c(=O)c2c1C. The molecule has 96 valence electrons. The first-order chi connectivity index (χ1) is 8.59. The molecule has 0 spiro atoms. The molecule has 0 aliphatic heterocycles. The zero-order valence-electron chi connectivity index (χ0n) is 10.5. The lowest BCUT2D eigenvalue weighted by atomic mass is 10.2. The summed E-state index contributed by atoms with van der Waals surface area (Å²) in [6.45, 7) is 3.97. The second kappa shape index (κ2) is 4.17. The van der Waals surface area contributed by atoms with Gasteiger partial charge in [0, 0.05) is 4.88 Å². The molecular formula is C13H16N2O2S. The van der Waals surface area contributed by atoms with Crippen LogP contribution in [0.1, 0.15) is 35.7 Å². The number of aryl methyl sites for hydroxylation is 2. The second-order valence-corrected chi connectivity index (χ2v) is 6.19. The molecular weight excluding hydrogens is 248 g/mol. The van der Waals surface area contributed by atoms with Crippen LogP contribution >= 0.6 is 11.3 Å². The molecule has 2 aromatic rings. The van der Waals surface area contributed by atoms with Crippen molar-refractivity contribution in [3.63, 3.8) is 0 Å². The van der Waals surface area contributed by atoms with Gasteiger partial charge in [0.1, 0.15) is 4.83 Å². The van der Waals surface area contributed by atoms with Crippen LogP contribution < -0.4 is 5.56 Å². The van der Waals surface area contributed by atoms with E-state index in [0.29, 0.717) is 0 Å². The number of aromatic nitrogens is 2. The fourth-order valence-corrected chi connectivity index (χ4v) is 3.72. The molecule has 2 atom stereocenters.